The molecule has 0 aliphatic carbocycles. The third-order valence-corrected chi connectivity index (χ3v) is 2.82. The van der Waals surface area contributed by atoms with Crippen LogP contribution in [0.5, 0.6) is 0 Å². The highest BCUT2D eigenvalue weighted by Crippen LogP contribution is 2.16. The van der Waals surface area contributed by atoms with Gasteiger partial charge < -0.3 is 5.32 Å². The molecule has 0 saturated heterocycles. The number of nitrogens with one attached hydrogen (secondary N) is 1. The first-order valence-electron chi connectivity index (χ1n) is 5.43. The van der Waals surface area contributed by atoms with Crippen molar-refractivity contribution >= 4 is 0 Å². The molecule has 0 spiro atoms. The molecule has 0 aromatic heterocycles. The Hall–Kier alpha value is -0.0400. The van der Waals surface area contributed by atoms with Crippen molar-refractivity contribution in [3.8, 4) is 0 Å². The summed E-state index contributed by atoms with van der Waals surface area (Å²) in [4.78, 5) is 0. The number of rotatable bonds is 7. The standard InChI is InChI=1S/C11H25N/c1-5-8-12-9-7-11(4)10(3)6-2/h10-12H,5-9H2,1-4H3. The zero-order chi connectivity index (χ0) is 9.40. The third kappa shape index (κ3) is 5.59. The zero-order valence-electron chi connectivity index (χ0n) is 9.19. The van der Waals surface area contributed by atoms with Crippen LogP contribution in [-0.4, -0.2) is 13.1 Å². The average Bonchev–Trinajstić information content (AvgIpc) is 2.10. The first-order valence-corrected chi connectivity index (χ1v) is 5.43. The normalized spacial score (nSPS) is 16.0. The predicted molar refractivity (Wildman–Crippen MR) is 56.4 cm³/mol. The van der Waals surface area contributed by atoms with E-state index in [4.69, 9.17) is 0 Å². The van der Waals surface area contributed by atoms with Crippen LogP contribution in [0.25, 0.3) is 0 Å². The largest absolute Gasteiger partial charge is 0.317 e. The van der Waals surface area contributed by atoms with Crippen molar-refractivity contribution in [2.45, 2.75) is 47.0 Å². The van der Waals surface area contributed by atoms with Gasteiger partial charge >= 0.3 is 0 Å². The van der Waals surface area contributed by atoms with Gasteiger partial charge in [-0.05, 0) is 37.8 Å². The molecule has 0 aromatic rings. The molecule has 0 heterocycles. The van der Waals surface area contributed by atoms with Crippen LogP contribution in [0, 0.1) is 11.8 Å². The Bertz CT molecular complexity index is 91.0. The van der Waals surface area contributed by atoms with Gasteiger partial charge in [0.25, 0.3) is 0 Å². The molecular formula is C11H25N. The summed E-state index contributed by atoms with van der Waals surface area (Å²) in [5.74, 6) is 1.76. The predicted octanol–water partition coefficient (Wildman–Crippen LogP) is 3.06. The molecule has 74 valence electrons. The molecule has 1 N–H and O–H groups in total. The first-order chi connectivity index (χ1) is 5.72. The van der Waals surface area contributed by atoms with Crippen LogP contribution >= 0.6 is 0 Å². The molecule has 0 fully saturated rings. The molecule has 0 aliphatic rings. The van der Waals surface area contributed by atoms with Crippen molar-refractivity contribution in [1.82, 2.24) is 5.32 Å². The summed E-state index contributed by atoms with van der Waals surface area (Å²) in [7, 11) is 0. The summed E-state index contributed by atoms with van der Waals surface area (Å²) in [5, 5.41) is 3.44. The second-order valence-corrected chi connectivity index (χ2v) is 3.90. The third-order valence-electron chi connectivity index (χ3n) is 2.82. The summed E-state index contributed by atoms with van der Waals surface area (Å²) in [6.07, 6.45) is 3.89. The molecule has 2 atom stereocenters. The van der Waals surface area contributed by atoms with Gasteiger partial charge in [0.15, 0.2) is 0 Å². The number of hydrogen-bond acceptors (Lipinski definition) is 1. The minimum absolute atomic E-state index is 0.874. The van der Waals surface area contributed by atoms with Crippen molar-refractivity contribution in [3.63, 3.8) is 0 Å². The van der Waals surface area contributed by atoms with E-state index >= 15 is 0 Å². The SMILES string of the molecule is CCCNCCC(C)C(C)CC. The Morgan fingerprint density at radius 2 is 1.67 bits per heavy atom. The van der Waals surface area contributed by atoms with Crippen molar-refractivity contribution in [1.29, 1.82) is 0 Å². The van der Waals surface area contributed by atoms with Crippen molar-refractivity contribution in [2.24, 2.45) is 11.8 Å². The Morgan fingerprint density at radius 3 is 2.17 bits per heavy atom. The Balaban J connectivity index is 3.24. The first kappa shape index (κ1) is 12.0. The summed E-state index contributed by atoms with van der Waals surface area (Å²) in [6, 6.07) is 0. The van der Waals surface area contributed by atoms with Gasteiger partial charge in [-0.2, -0.15) is 0 Å². The fourth-order valence-corrected chi connectivity index (χ4v) is 1.32. The Labute approximate surface area is 77.9 Å². The van der Waals surface area contributed by atoms with Crippen LogP contribution in [-0.2, 0) is 0 Å². The number of hydrogen-bond donors (Lipinski definition) is 1. The minimum Gasteiger partial charge on any atom is -0.317 e. The van der Waals surface area contributed by atoms with Gasteiger partial charge in [0.2, 0.25) is 0 Å². The van der Waals surface area contributed by atoms with Crippen LogP contribution in [0.1, 0.15) is 47.0 Å². The van der Waals surface area contributed by atoms with E-state index < -0.39 is 0 Å². The highest BCUT2D eigenvalue weighted by atomic mass is 14.8. The lowest BCUT2D eigenvalue weighted by atomic mass is 9.91. The van der Waals surface area contributed by atoms with Gasteiger partial charge in [0.05, 0.1) is 0 Å². The summed E-state index contributed by atoms with van der Waals surface area (Å²) < 4.78 is 0. The topological polar surface area (TPSA) is 12.0 Å². The molecule has 1 heteroatoms. The fraction of sp³-hybridized carbons (Fsp3) is 1.00. The molecule has 0 aromatic carbocycles. The molecule has 0 radical (unpaired) electrons. The highest BCUT2D eigenvalue weighted by Gasteiger charge is 2.08. The van der Waals surface area contributed by atoms with Gasteiger partial charge in [-0.3, -0.25) is 0 Å². The molecule has 0 bridgehead atoms. The van der Waals surface area contributed by atoms with E-state index in [1.807, 2.05) is 0 Å². The fourth-order valence-electron chi connectivity index (χ4n) is 1.32. The van der Waals surface area contributed by atoms with Crippen molar-refractivity contribution in [3.05, 3.63) is 0 Å². The molecule has 0 rings (SSSR count). The van der Waals surface area contributed by atoms with E-state index in [0.29, 0.717) is 0 Å². The zero-order valence-corrected chi connectivity index (χ0v) is 9.19. The van der Waals surface area contributed by atoms with E-state index in [9.17, 15) is 0 Å². The van der Waals surface area contributed by atoms with Crippen molar-refractivity contribution in [2.75, 3.05) is 13.1 Å². The molecule has 0 aliphatic heterocycles. The highest BCUT2D eigenvalue weighted by molar-refractivity contribution is 4.61. The Morgan fingerprint density at radius 1 is 1.00 bits per heavy atom. The van der Waals surface area contributed by atoms with E-state index in [2.05, 4.69) is 33.0 Å². The quantitative estimate of drug-likeness (QED) is 0.580. The lowest BCUT2D eigenvalue weighted by molar-refractivity contribution is 0.349. The van der Waals surface area contributed by atoms with E-state index in [1.165, 1.54) is 32.4 Å². The molecule has 12 heavy (non-hydrogen) atoms. The van der Waals surface area contributed by atoms with Crippen LogP contribution in [0.3, 0.4) is 0 Å². The maximum atomic E-state index is 3.44. The minimum atomic E-state index is 0.874. The van der Waals surface area contributed by atoms with Gasteiger partial charge in [-0.25, -0.2) is 0 Å². The second kappa shape index (κ2) is 7.60. The average molecular weight is 171 g/mol. The van der Waals surface area contributed by atoms with Crippen LogP contribution < -0.4 is 5.32 Å². The van der Waals surface area contributed by atoms with Gasteiger partial charge in [0.1, 0.15) is 0 Å². The van der Waals surface area contributed by atoms with Gasteiger partial charge in [0, 0.05) is 0 Å². The maximum absolute atomic E-state index is 3.44. The molecule has 2 unspecified atom stereocenters. The van der Waals surface area contributed by atoms with E-state index in [0.717, 1.165) is 11.8 Å². The molecule has 0 saturated carbocycles. The lowest BCUT2D eigenvalue weighted by Gasteiger charge is -2.18. The van der Waals surface area contributed by atoms with Crippen LogP contribution in [0.15, 0.2) is 0 Å². The monoisotopic (exact) mass is 171 g/mol. The summed E-state index contributed by atoms with van der Waals surface area (Å²) in [6.45, 7) is 11.6. The van der Waals surface area contributed by atoms with Gasteiger partial charge in [-0.15, -0.1) is 0 Å². The van der Waals surface area contributed by atoms with Crippen LogP contribution in [0.4, 0.5) is 0 Å². The maximum Gasteiger partial charge on any atom is -0.00463 e. The Kier molecular flexibility index (Phi) is 7.58. The van der Waals surface area contributed by atoms with E-state index in [1.54, 1.807) is 0 Å². The second-order valence-electron chi connectivity index (χ2n) is 3.90. The van der Waals surface area contributed by atoms with Crippen molar-refractivity contribution < 1.29 is 0 Å². The van der Waals surface area contributed by atoms with Gasteiger partial charge in [-0.1, -0.05) is 34.1 Å². The van der Waals surface area contributed by atoms with Crippen LogP contribution in [0.2, 0.25) is 0 Å². The van der Waals surface area contributed by atoms with E-state index in [-0.39, 0.29) is 0 Å². The summed E-state index contributed by atoms with van der Waals surface area (Å²) in [5.41, 5.74) is 0. The molecule has 1 nitrogen and oxygen atoms in total. The molecular weight excluding hydrogens is 146 g/mol. The molecule has 0 amide bonds. The lowest BCUT2D eigenvalue weighted by Crippen LogP contribution is -2.20. The summed E-state index contributed by atoms with van der Waals surface area (Å²) >= 11 is 0. The smallest absolute Gasteiger partial charge is 0.00463 e.